The molecule has 32 heavy (non-hydrogen) atoms. The number of ether oxygens (including phenoxy) is 2. The zero-order valence-electron chi connectivity index (χ0n) is 17.3. The number of thioether (sulfide) groups is 1. The van der Waals surface area contributed by atoms with Gasteiger partial charge < -0.3 is 9.47 Å². The lowest BCUT2D eigenvalue weighted by atomic mass is 10.2. The highest BCUT2D eigenvalue weighted by Crippen LogP contribution is 2.30. The number of para-hydroxylation sites is 3. The quantitative estimate of drug-likeness (QED) is 0.210. The number of nitrogens with zero attached hydrogens (tertiary/aromatic N) is 3. The van der Waals surface area contributed by atoms with Gasteiger partial charge in [0.2, 0.25) is 0 Å². The van der Waals surface area contributed by atoms with Crippen LogP contribution >= 0.6 is 11.8 Å². The number of carbonyl (C=O) groups excluding carboxylic acids is 1. The minimum Gasteiger partial charge on any atom is -0.490 e. The van der Waals surface area contributed by atoms with Crippen LogP contribution in [-0.2, 0) is 4.79 Å². The van der Waals surface area contributed by atoms with Crippen LogP contribution in [0.1, 0.15) is 6.92 Å². The number of rotatable bonds is 8. The van der Waals surface area contributed by atoms with Crippen LogP contribution in [0.25, 0.3) is 17.1 Å². The van der Waals surface area contributed by atoms with Crippen molar-refractivity contribution in [2.24, 2.45) is 0 Å². The summed E-state index contributed by atoms with van der Waals surface area (Å²) in [6.07, 6.45) is 0. The number of hydrogen-bond donors (Lipinski definition) is 0. The van der Waals surface area contributed by atoms with Gasteiger partial charge in [0.15, 0.2) is 22.5 Å². The number of benzene rings is 3. The van der Waals surface area contributed by atoms with Crippen LogP contribution in [0, 0.1) is 5.82 Å². The van der Waals surface area contributed by atoms with Crippen molar-refractivity contribution < 1.29 is 18.7 Å². The lowest BCUT2D eigenvalue weighted by molar-refractivity contribution is -0.131. The first kappa shape index (κ1) is 21.6. The summed E-state index contributed by atoms with van der Waals surface area (Å²) in [7, 11) is 0. The predicted octanol–water partition coefficient (Wildman–Crippen LogP) is 5.17. The van der Waals surface area contributed by atoms with Crippen LogP contribution in [0.15, 0.2) is 84.0 Å². The average molecular weight is 450 g/mol. The molecule has 0 aliphatic heterocycles. The Morgan fingerprint density at radius 3 is 2.38 bits per heavy atom. The maximum atomic E-state index is 14.5. The predicted molar refractivity (Wildman–Crippen MR) is 121 cm³/mol. The smallest absolute Gasteiger partial charge is 0.321 e. The fraction of sp³-hybridized carbons (Fsp3) is 0.125. The molecule has 8 heteroatoms. The third-order valence-electron chi connectivity index (χ3n) is 4.45. The van der Waals surface area contributed by atoms with Crippen molar-refractivity contribution in [3.63, 3.8) is 0 Å². The molecular formula is C24H20FN3O3S. The highest BCUT2D eigenvalue weighted by molar-refractivity contribution is 7.99. The Kier molecular flexibility index (Phi) is 6.81. The summed E-state index contributed by atoms with van der Waals surface area (Å²) < 4.78 is 27.2. The van der Waals surface area contributed by atoms with Crippen molar-refractivity contribution >= 4 is 17.7 Å². The molecule has 3 aromatic carbocycles. The molecule has 4 rings (SSSR count). The molecule has 0 saturated carbocycles. The Hall–Kier alpha value is -3.65. The molecule has 6 nitrogen and oxygen atoms in total. The van der Waals surface area contributed by atoms with Gasteiger partial charge in [-0.2, -0.15) is 0 Å². The molecule has 0 fully saturated rings. The Labute approximate surface area is 189 Å². The molecule has 162 valence electrons. The monoisotopic (exact) mass is 449 g/mol. The lowest BCUT2D eigenvalue weighted by Crippen LogP contribution is -2.12. The van der Waals surface area contributed by atoms with Crippen LogP contribution in [0.3, 0.4) is 0 Å². The first-order valence-electron chi connectivity index (χ1n) is 9.98. The van der Waals surface area contributed by atoms with Gasteiger partial charge in [-0.25, -0.2) is 4.39 Å². The van der Waals surface area contributed by atoms with Gasteiger partial charge in [-0.15, -0.1) is 10.2 Å². The van der Waals surface area contributed by atoms with Crippen LogP contribution in [0.2, 0.25) is 0 Å². The number of hydrogen-bond acceptors (Lipinski definition) is 6. The van der Waals surface area contributed by atoms with Gasteiger partial charge in [0.25, 0.3) is 0 Å². The molecule has 0 spiro atoms. The number of halogens is 1. The Morgan fingerprint density at radius 1 is 0.938 bits per heavy atom. The molecule has 0 unspecified atom stereocenters. The Balaban J connectivity index is 1.58. The average Bonchev–Trinajstić information content (AvgIpc) is 3.24. The number of carbonyl (C=O) groups is 1. The van der Waals surface area contributed by atoms with Gasteiger partial charge in [0.1, 0.15) is 5.82 Å². The van der Waals surface area contributed by atoms with Gasteiger partial charge in [0.05, 0.1) is 17.9 Å². The van der Waals surface area contributed by atoms with E-state index in [0.717, 1.165) is 17.4 Å². The van der Waals surface area contributed by atoms with E-state index in [1.165, 1.54) is 6.07 Å². The van der Waals surface area contributed by atoms with E-state index >= 15 is 0 Å². The zero-order valence-corrected chi connectivity index (χ0v) is 18.1. The van der Waals surface area contributed by atoms with E-state index in [2.05, 4.69) is 10.2 Å². The molecule has 1 aromatic heterocycles. The van der Waals surface area contributed by atoms with Gasteiger partial charge >= 0.3 is 5.97 Å². The molecule has 1 heterocycles. The molecule has 0 amide bonds. The van der Waals surface area contributed by atoms with Gasteiger partial charge in [0, 0.05) is 5.69 Å². The highest BCUT2D eigenvalue weighted by atomic mass is 32.2. The topological polar surface area (TPSA) is 66.2 Å². The fourth-order valence-electron chi connectivity index (χ4n) is 3.08. The molecule has 0 aliphatic rings. The Morgan fingerprint density at radius 2 is 1.62 bits per heavy atom. The van der Waals surface area contributed by atoms with Gasteiger partial charge in [-0.05, 0) is 43.3 Å². The van der Waals surface area contributed by atoms with Crippen molar-refractivity contribution in [1.29, 1.82) is 0 Å². The van der Waals surface area contributed by atoms with E-state index in [4.69, 9.17) is 9.47 Å². The summed E-state index contributed by atoms with van der Waals surface area (Å²) in [6, 6.07) is 22.7. The van der Waals surface area contributed by atoms with Crippen LogP contribution < -0.4 is 9.47 Å². The van der Waals surface area contributed by atoms with E-state index in [1.807, 2.05) is 43.3 Å². The molecule has 0 saturated heterocycles. The van der Waals surface area contributed by atoms with Gasteiger partial charge in [-0.1, -0.05) is 54.2 Å². The fourth-order valence-corrected chi connectivity index (χ4v) is 3.80. The second-order valence-corrected chi connectivity index (χ2v) is 7.54. The lowest BCUT2D eigenvalue weighted by Gasteiger charge is -2.11. The summed E-state index contributed by atoms with van der Waals surface area (Å²) >= 11 is 1.16. The minimum absolute atomic E-state index is 0.0112. The molecule has 4 aromatic rings. The summed E-state index contributed by atoms with van der Waals surface area (Å²) in [5, 5.41) is 8.87. The summed E-state index contributed by atoms with van der Waals surface area (Å²) in [6.45, 7) is 2.32. The maximum Gasteiger partial charge on any atom is 0.321 e. The SMILES string of the molecule is CCOc1ccccc1OC(=O)CSc1nnc(-c2ccccc2F)n1-c1ccccc1. The second kappa shape index (κ2) is 10.1. The standard InChI is InChI=1S/C24H20FN3O3S/c1-2-30-20-14-8-9-15-21(20)31-22(29)16-32-24-27-26-23(18-12-6-7-13-19(18)25)28(24)17-10-4-3-5-11-17/h3-15H,2,16H2,1H3. The van der Waals surface area contributed by atoms with E-state index < -0.39 is 11.8 Å². The van der Waals surface area contributed by atoms with Crippen LogP contribution in [-0.4, -0.2) is 33.1 Å². The van der Waals surface area contributed by atoms with Crippen molar-refractivity contribution in [1.82, 2.24) is 14.8 Å². The van der Waals surface area contributed by atoms with E-state index in [-0.39, 0.29) is 5.75 Å². The van der Waals surface area contributed by atoms with Crippen molar-refractivity contribution in [3.8, 4) is 28.6 Å². The van der Waals surface area contributed by atoms with Crippen LogP contribution in [0.5, 0.6) is 11.5 Å². The van der Waals surface area contributed by atoms with E-state index in [1.54, 1.807) is 41.0 Å². The first-order chi connectivity index (χ1) is 15.7. The molecule has 0 N–H and O–H groups in total. The molecule has 0 atom stereocenters. The van der Waals surface area contributed by atoms with E-state index in [9.17, 15) is 9.18 Å². The molecule has 0 aliphatic carbocycles. The molecule has 0 radical (unpaired) electrons. The summed E-state index contributed by atoms with van der Waals surface area (Å²) in [5.74, 6) is 0.340. The third-order valence-corrected chi connectivity index (χ3v) is 5.36. The van der Waals surface area contributed by atoms with Crippen LogP contribution in [0.4, 0.5) is 4.39 Å². The first-order valence-corrected chi connectivity index (χ1v) is 11.0. The summed E-state index contributed by atoms with van der Waals surface area (Å²) in [4.78, 5) is 12.5. The maximum absolute atomic E-state index is 14.5. The van der Waals surface area contributed by atoms with Crippen molar-refractivity contribution in [2.45, 2.75) is 12.1 Å². The largest absolute Gasteiger partial charge is 0.490 e. The summed E-state index contributed by atoms with van der Waals surface area (Å²) in [5.41, 5.74) is 1.08. The van der Waals surface area contributed by atoms with Crippen molar-refractivity contribution in [3.05, 3.63) is 84.7 Å². The molecule has 0 bridgehead atoms. The highest BCUT2D eigenvalue weighted by Gasteiger charge is 2.20. The number of esters is 1. The minimum atomic E-state index is -0.461. The normalized spacial score (nSPS) is 10.7. The number of aromatic nitrogens is 3. The zero-order chi connectivity index (χ0) is 22.3. The second-order valence-electron chi connectivity index (χ2n) is 6.60. The van der Waals surface area contributed by atoms with Crippen molar-refractivity contribution in [2.75, 3.05) is 12.4 Å². The van der Waals surface area contributed by atoms with Gasteiger partial charge in [-0.3, -0.25) is 9.36 Å². The third kappa shape index (κ3) is 4.81. The van der Waals surface area contributed by atoms with E-state index in [0.29, 0.717) is 34.7 Å². The molecular weight excluding hydrogens is 429 g/mol. The Bertz CT molecular complexity index is 1210.